The molecule has 1 aliphatic rings. The van der Waals surface area contributed by atoms with E-state index in [9.17, 15) is 0 Å². The van der Waals surface area contributed by atoms with Crippen molar-refractivity contribution in [2.75, 3.05) is 23.4 Å². The first-order chi connectivity index (χ1) is 8.03. The molecule has 2 heterocycles. The number of nitrogens with two attached hydrogens (primary N) is 1. The van der Waals surface area contributed by atoms with Crippen LogP contribution in [0.15, 0.2) is 6.33 Å². The molecule has 0 spiro atoms. The predicted molar refractivity (Wildman–Crippen MR) is 69.8 cm³/mol. The summed E-state index contributed by atoms with van der Waals surface area (Å²) in [6, 6.07) is 0. The van der Waals surface area contributed by atoms with Crippen molar-refractivity contribution in [3.05, 3.63) is 11.9 Å². The van der Waals surface area contributed by atoms with Gasteiger partial charge in [-0.2, -0.15) is 0 Å². The molecule has 5 heteroatoms. The molecule has 1 aliphatic heterocycles. The Morgan fingerprint density at radius 2 is 2.18 bits per heavy atom. The summed E-state index contributed by atoms with van der Waals surface area (Å²) >= 11 is 0. The van der Waals surface area contributed by atoms with E-state index in [0.29, 0.717) is 11.2 Å². The molecule has 1 saturated heterocycles. The monoisotopic (exact) mass is 235 g/mol. The van der Waals surface area contributed by atoms with E-state index in [1.165, 1.54) is 12.8 Å². The first-order valence-corrected chi connectivity index (χ1v) is 6.07. The van der Waals surface area contributed by atoms with Crippen LogP contribution < -0.4 is 16.2 Å². The smallest absolute Gasteiger partial charge is 0.148 e. The van der Waals surface area contributed by atoms with Gasteiger partial charge in [0, 0.05) is 18.7 Å². The molecule has 3 N–H and O–H groups in total. The number of hydrogen-bond acceptors (Lipinski definition) is 5. The average Bonchev–Trinajstić information content (AvgIpc) is 2.28. The van der Waals surface area contributed by atoms with Gasteiger partial charge in [0.1, 0.15) is 18.0 Å². The second-order valence-corrected chi connectivity index (χ2v) is 5.50. The molecule has 0 unspecified atom stereocenters. The topological polar surface area (TPSA) is 67.1 Å². The molecule has 0 bridgehead atoms. The highest BCUT2D eigenvalue weighted by atomic mass is 15.3. The fraction of sp³-hybridized carbons (Fsp3) is 0.667. The lowest BCUT2D eigenvalue weighted by Gasteiger charge is -2.39. The zero-order valence-electron chi connectivity index (χ0n) is 10.8. The molecule has 0 saturated carbocycles. The zero-order chi connectivity index (χ0) is 12.5. The number of nitrogen functional groups attached to an aromatic ring is 1. The Kier molecular flexibility index (Phi) is 3.19. The number of aromatic nitrogens is 2. The van der Waals surface area contributed by atoms with Gasteiger partial charge < -0.3 is 10.3 Å². The standard InChI is InChI=1S/C12H21N5/c1-9-10(16-13)14-8-15-11(9)17-6-4-5-12(2,3)7-17/h8H,4-7,13H2,1-3H3,(H,14,15,16). The molecule has 17 heavy (non-hydrogen) atoms. The molecule has 0 aromatic carbocycles. The summed E-state index contributed by atoms with van der Waals surface area (Å²) < 4.78 is 0. The van der Waals surface area contributed by atoms with Crippen molar-refractivity contribution in [1.29, 1.82) is 0 Å². The van der Waals surface area contributed by atoms with Crippen LogP contribution in [-0.2, 0) is 0 Å². The minimum atomic E-state index is 0.353. The zero-order valence-corrected chi connectivity index (χ0v) is 10.8. The maximum Gasteiger partial charge on any atom is 0.148 e. The highest BCUT2D eigenvalue weighted by molar-refractivity contribution is 5.57. The Morgan fingerprint density at radius 1 is 1.41 bits per heavy atom. The maximum absolute atomic E-state index is 5.44. The quantitative estimate of drug-likeness (QED) is 0.603. The van der Waals surface area contributed by atoms with Crippen LogP contribution in [-0.4, -0.2) is 23.1 Å². The van der Waals surface area contributed by atoms with E-state index in [1.54, 1.807) is 6.33 Å². The van der Waals surface area contributed by atoms with Crippen molar-refractivity contribution in [3.8, 4) is 0 Å². The highest BCUT2D eigenvalue weighted by Gasteiger charge is 2.28. The summed E-state index contributed by atoms with van der Waals surface area (Å²) in [5, 5.41) is 0. The van der Waals surface area contributed by atoms with E-state index < -0.39 is 0 Å². The lowest BCUT2D eigenvalue weighted by molar-refractivity contribution is 0.292. The van der Waals surface area contributed by atoms with E-state index in [-0.39, 0.29) is 0 Å². The van der Waals surface area contributed by atoms with Crippen molar-refractivity contribution in [3.63, 3.8) is 0 Å². The Morgan fingerprint density at radius 3 is 2.82 bits per heavy atom. The molecular formula is C12H21N5. The van der Waals surface area contributed by atoms with Gasteiger partial charge in [-0.1, -0.05) is 13.8 Å². The molecule has 1 fully saturated rings. The number of nitrogens with one attached hydrogen (secondary N) is 1. The molecule has 0 atom stereocenters. The molecule has 0 radical (unpaired) electrons. The second kappa shape index (κ2) is 4.49. The predicted octanol–water partition coefficient (Wildman–Crippen LogP) is 1.70. The third-order valence-electron chi connectivity index (χ3n) is 3.39. The lowest BCUT2D eigenvalue weighted by atomic mass is 9.84. The third kappa shape index (κ3) is 2.49. The summed E-state index contributed by atoms with van der Waals surface area (Å²) in [5.41, 5.74) is 3.99. The average molecular weight is 235 g/mol. The molecule has 94 valence electrons. The molecule has 1 aromatic heterocycles. The molecule has 0 amide bonds. The van der Waals surface area contributed by atoms with Gasteiger partial charge >= 0.3 is 0 Å². The SMILES string of the molecule is Cc1c(NN)ncnc1N1CCCC(C)(C)C1. The second-order valence-electron chi connectivity index (χ2n) is 5.50. The van der Waals surface area contributed by atoms with Crippen LogP contribution in [0.3, 0.4) is 0 Å². The maximum atomic E-state index is 5.44. The number of hydrogen-bond donors (Lipinski definition) is 2. The van der Waals surface area contributed by atoms with Gasteiger partial charge in [0.2, 0.25) is 0 Å². The lowest BCUT2D eigenvalue weighted by Crippen LogP contribution is -2.41. The molecule has 0 aliphatic carbocycles. The van der Waals surface area contributed by atoms with Crippen molar-refractivity contribution >= 4 is 11.6 Å². The van der Waals surface area contributed by atoms with Crippen LogP contribution in [0.2, 0.25) is 0 Å². The van der Waals surface area contributed by atoms with Crippen molar-refractivity contribution in [1.82, 2.24) is 9.97 Å². The van der Waals surface area contributed by atoms with E-state index in [2.05, 4.69) is 34.1 Å². The van der Waals surface area contributed by atoms with Crippen LogP contribution in [0, 0.1) is 12.3 Å². The number of anilines is 2. The Labute approximate surface area is 102 Å². The number of nitrogens with zero attached hydrogens (tertiary/aromatic N) is 3. The van der Waals surface area contributed by atoms with Gasteiger partial charge in [0.05, 0.1) is 0 Å². The van der Waals surface area contributed by atoms with Crippen LogP contribution in [0.4, 0.5) is 11.6 Å². The molecular weight excluding hydrogens is 214 g/mol. The largest absolute Gasteiger partial charge is 0.356 e. The first-order valence-electron chi connectivity index (χ1n) is 6.07. The summed E-state index contributed by atoms with van der Waals surface area (Å²) in [4.78, 5) is 10.8. The van der Waals surface area contributed by atoms with Gasteiger partial charge in [-0.15, -0.1) is 0 Å². The van der Waals surface area contributed by atoms with Crippen LogP contribution in [0.1, 0.15) is 32.3 Å². The first kappa shape index (κ1) is 12.1. The van der Waals surface area contributed by atoms with Gasteiger partial charge in [-0.3, -0.25) is 0 Å². The van der Waals surface area contributed by atoms with Crippen LogP contribution in [0.5, 0.6) is 0 Å². The van der Waals surface area contributed by atoms with Gasteiger partial charge in [-0.25, -0.2) is 15.8 Å². The molecule has 1 aromatic rings. The van der Waals surface area contributed by atoms with Gasteiger partial charge in [-0.05, 0) is 25.2 Å². The number of hydrazine groups is 1. The van der Waals surface area contributed by atoms with Crippen molar-refractivity contribution in [2.45, 2.75) is 33.6 Å². The molecule has 5 nitrogen and oxygen atoms in total. The summed E-state index contributed by atoms with van der Waals surface area (Å²) in [6.45, 7) is 8.71. The van der Waals surface area contributed by atoms with Gasteiger partial charge in [0.15, 0.2) is 0 Å². The third-order valence-corrected chi connectivity index (χ3v) is 3.39. The minimum absolute atomic E-state index is 0.353. The number of rotatable bonds is 2. The minimum Gasteiger partial charge on any atom is -0.356 e. The Hall–Kier alpha value is -1.36. The fourth-order valence-electron chi connectivity index (χ4n) is 2.51. The van der Waals surface area contributed by atoms with E-state index in [4.69, 9.17) is 5.84 Å². The highest BCUT2D eigenvalue weighted by Crippen LogP contribution is 2.32. The van der Waals surface area contributed by atoms with E-state index in [0.717, 1.165) is 24.5 Å². The Balaban J connectivity index is 2.28. The van der Waals surface area contributed by atoms with Gasteiger partial charge in [0.25, 0.3) is 0 Å². The normalized spacial score (nSPS) is 19.2. The van der Waals surface area contributed by atoms with Crippen LogP contribution in [0.25, 0.3) is 0 Å². The fourth-order valence-corrected chi connectivity index (χ4v) is 2.51. The van der Waals surface area contributed by atoms with E-state index >= 15 is 0 Å². The summed E-state index contributed by atoms with van der Waals surface area (Å²) in [7, 11) is 0. The summed E-state index contributed by atoms with van der Waals surface area (Å²) in [6.07, 6.45) is 4.05. The number of piperidine rings is 1. The summed E-state index contributed by atoms with van der Waals surface area (Å²) in [5.74, 6) is 7.15. The molecule has 2 rings (SSSR count). The Bertz CT molecular complexity index is 402. The van der Waals surface area contributed by atoms with Crippen molar-refractivity contribution < 1.29 is 0 Å². The van der Waals surface area contributed by atoms with Crippen LogP contribution >= 0.6 is 0 Å². The van der Waals surface area contributed by atoms with E-state index in [1.807, 2.05) is 6.92 Å². The van der Waals surface area contributed by atoms with Crippen molar-refractivity contribution in [2.24, 2.45) is 11.3 Å².